The van der Waals surface area contributed by atoms with E-state index in [1.165, 1.54) is 12.1 Å². The van der Waals surface area contributed by atoms with Crippen LogP contribution in [0.15, 0.2) is 206 Å². The predicted octanol–water partition coefficient (Wildman–Crippen LogP) is 15.7. The zero-order valence-electron chi connectivity index (χ0n) is 36.5. The smallest absolute Gasteiger partial charge is 0.308 e. The normalized spacial score (nSPS) is 11.7. The van der Waals surface area contributed by atoms with E-state index in [-0.39, 0.29) is 22.8 Å². The van der Waals surface area contributed by atoms with Crippen LogP contribution in [0.4, 0.5) is 13.2 Å². The molecule has 0 N–H and O–H groups in total. The van der Waals surface area contributed by atoms with E-state index in [0.29, 0.717) is 28.5 Å². The number of benzene rings is 8. The van der Waals surface area contributed by atoms with E-state index in [1.807, 2.05) is 152 Å². The molecule has 3 aromatic heterocycles. The van der Waals surface area contributed by atoms with Crippen LogP contribution < -0.4 is 0 Å². The molecule has 8 aromatic carbocycles. The van der Waals surface area contributed by atoms with Gasteiger partial charge >= 0.3 is 6.18 Å². The largest absolute Gasteiger partial charge is 0.416 e. The van der Waals surface area contributed by atoms with Crippen molar-refractivity contribution in [3.63, 3.8) is 0 Å². The molecule has 0 saturated carbocycles. The molecule has 67 heavy (non-hydrogen) atoms. The van der Waals surface area contributed by atoms with Crippen LogP contribution in [0.1, 0.15) is 16.7 Å². The highest BCUT2D eigenvalue weighted by Crippen LogP contribution is 2.46. The lowest BCUT2D eigenvalue weighted by Crippen LogP contribution is -2.11. The molecule has 0 unspecified atom stereocenters. The van der Waals surface area contributed by atoms with Crippen LogP contribution in [0.25, 0.3) is 106 Å². The van der Waals surface area contributed by atoms with Gasteiger partial charge in [0, 0.05) is 44.2 Å². The lowest BCUT2D eigenvalue weighted by molar-refractivity contribution is -0.137. The molecule has 11 rings (SSSR count). The average Bonchev–Trinajstić information content (AvgIpc) is 3.69. The SMILES string of the molecule is Cc1ccc(-c2ccc3c4ccccc4n(-c4c(-c5nc(-c6ccccc6)cc(-c6ccccc6)n5)cc(C(F)(F)F)cc4-c4nc(-c5ccccc5)cc(-c5ccccc5)n4)c3c2)c(C)c1. The first-order chi connectivity index (χ1) is 32.7. The molecular weight excluding hydrogens is 836 g/mol. The second-order valence-corrected chi connectivity index (χ2v) is 16.7. The van der Waals surface area contributed by atoms with Gasteiger partial charge in [0.2, 0.25) is 0 Å². The summed E-state index contributed by atoms with van der Waals surface area (Å²) in [6.45, 7) is 4.17. The van der Waals surface area contributed by atoms with E-state index >= 15 is 13.2 Å². The summed E-state index contributed by atoms with van der Waals surface area (Å²) in [7, 11) is 0. The fourth-order valence-electron chi connectivity index (χ4n) is 9.06. The molecule has 0 bridgehead atoms. The third-order valence-corrected chi connectivity index (χ3v) is 12.2. The minimum absolute atomic E-state index is 0.113. The van der Waals surface area contributed by atoms with Crippen molar-refractivity contribution in [3.8, 4) is 84.6 Å². The Labute approximate surface area is 385 Å². The number of aromatic nitrogens is 5. The molecule has 8 heteroatoms. The number of hydrogen-bond donors (Lipinski definition) is 0. The fraction of sp³-hybridized carbons (Fsp3) is 0.0508. The first-order valence-corrected chi connectivity index (χ1v) is 22.0. The van der Waals surface area contributed by atoms with Gasteiger partial charge < -0.3 is 4.57 Å². The first kappa shape index (κ1) is 41.2. The molecule has 0 amide bonds. The quantitative estimate of drug-likeness (QED) is 0.153. The summed E-state index contributed by atoms with van der Waals surface area (Å²) in [5.74, 6) is 0.225. The summed E-state index contributed by atoms with van der Waals surface area (Å²) < 4.78 is 49.3. The molecule has 0 fully saturated rings. The highest BCUT2D eigenvalue weighted by atomic mass is 19.4. The van der Waals surface area contributed by atoms with E-state index < -0.39 is 11.7 Å². The van der Waals surface area contributed by atoms with E-state index in [9.17, 15) is 0 Å². The van der Waals surface area contributed by atoms with Gasteiger partial charge in [0.15, 0.2) is 11.6 Å². The average molecular weight is 876 g/mol. The summed E-state index contributed by atoms with van der Waals surface area (Å²) in [5.41, 5.74) is 11.1. The van der Waals surface area contributed by atoms with Gasteiger partial charge in [-0.2, -0.15) is 13.2 Å². The number of fused-ring (bicyclic) bond motifs is 3. The molecular formula is C59H40F3N5. The first-order valence-electron chi connectivity index (χ1n) is 22.0. The van der Waals surface area contributed by atoms with Crippen molar-refractivity contribution < 1.29 is 13.2 Å². The third kappa shape index (κ3) is 7.82. The Morgan fingerprint density at radius 2 is 0.806 bits per heavy atom. The highest BCUT2D eigenvalue weighted by Gasteiger charge is 2.35. The van der Waals surface area contributed by atoms with Crippen molar-refractivity contribution in [2.75, 3.05) is 0 Å². The minimum Gasteiger partial charge on any atom is -0.308 e. The Bertz CT molecular complexity index is 3360. The number of nitrogens with zero attached hydrogens (tertiary/aromatic N) is 5. The monoisotopic (exact) mass is 875 g/mol. The molecule has 0 radical (unpaired) electrons. The van der Waals surface area contributed by atoms with Gasteiger partial charge in [0.1, 0.15) is 0 Å². The lowest BCUT2D eigenvalue weighted by Gasteiger charge is -2.21. The lowest BCUT2D eigenvalue weighted by atomic mass is 9.97. The van der Waals surface area contributed by atoms with Gasteiger partial charge in [-0.15, -0.1) is 0 Å². The van der Waals surface area contributed by atoms with Gasteiger partial charge in [-0.25, -0.2) is 19.9 Å². The minimum atomic E-state index is -4.78. The highest BCUT2D eigenvalue weighted by molar-refractivity contribution is 6.11. The van der Waals surface area contributed by atoms with Gasteiger partial charge in [-0.3, -0.25) is 0 Å². The molecule has 322 valence electrons. The molecule has 0 spiro atoms. The van der Waals surface area contributed by atoms with Crippen LogP contribution in [0.2, 0.25) is 0 Å². The van der Waals surface area contributed by atoms with E-state index in [0.717, 1.165) is 66.3 Å². The Hall–Kier alpha value is -8.49. The maximum Gasteiger partial charge on any atom is 0.416 e. The summed E-state index contributed by atoms with van der Waals surface area (Å²) in [5, 5.41) is 1.85. The second-order valence-electron chi connectivity index (χ2n) is 16.7. The van der Waals surface area contributed by atoms with E-state index in [4.69, 9.17) is 19.9 Å². The second kappa shape index (κ2) is 16.8. The van der Waals surface area contributed by atoms with Crippen LogP contribution in [0, 0.1) is 13.8 Å². The fourth-order valence-corrected chi connectivity index (χ4v) is 9.06. The van der Waals surface area contributed by atoms with Gasteiger partial charge in [-0.05, 0) is 66.9 Å². The van der Waals surface area contributed by atoms with Crippen LogP contribution in [0.5, 0.6) is 0 Å². The summed E-state index contributed by atoms with van der Waals surface area (Å²) in [6.07, 6.45) is -4.78. The number of halogens is 3. The van der Waals surface area contributed by atoms with Crippen molar-refractivity contribution in [3.05, 3.63) is 223 Å². The van der Waals surface area contributed by atoms with E-state index in [2.05, 4.69) is 60.9 Å². The molecule has 5 nitrogen and oxygen atoms in total. The maximum absolute atomic E-state index is 15.8. The van der Waals surface area contributed by atoms with Crippen LogP contribution in [-0.4, -0.2) is 24.5 Å². The zero-order valence-corrected chi connectivity index (χ0v) is 36.5. The van der Waals surface area contributed by atoms with E-state index in [1.54, 1.807) is 0 Å². The van der Waals surface area contributed by atoms with Crippen molar-refractivity contribution in [1.82, 2.24) is 24.5 Å². The Morgan fingerprint density at radius 3 is 1.25 bits per heavy atom. The summed E-state index contributed by atoms with van der Waals surface area (Å²) in [6, 6.07) is 65.4. The van der Waals surface area contributed by atoms with Crippen LogP contribution in [-0.2, 0) is 6.18 Å². The predicted molar refractivity (Wildman–Crippen MR) is 264 cm³/mol. The Balaban J connectivity index is 1.32. The number of para-hydroxylation sites is 1. The molecule has 0 aliphatic rings. The van der Waals surface area contributed by atoms with Gasteiger partial charge in [0.05, 0.1) is 45.1 Å². The van der Waals surface area contributed by atoms with Crippen molar-refractivity contribution in [1.29, 1.82) is 0 Å². The zero-order chi connectivity index (χ0) is 45.6. The Kier molecular flexibility index (Phi) is 10.3. The van der Waals surface area contributed by atoms with Crippen molar-refractivity contribution >= 4 is 21.8 Å². The van der Waals surface area contributed by atoms with Crippen LogP contribution in [0.3, 0.4) is 0 Å². The molecule has 0 aliphatic heterocycles. The third-order valence-electron chi connectivity index (χ3n) is 12.2. The van der Waals surface area contributed by atoms with Crippen molar-refractivity contribution in [2.24, 2.45) is 0 Å². The standard InChI is InChI=1S/C59H40F3N5/c1-37-27-29-45(38(2)31-37)43-28-30-47-46-25-15-16-26-54(46)67(55(47)32-43)56-48(57-63-50(39-17-7-3-8-18-39)35-51(64-57)40-19-9-4-10-20-40)33-44(59(60,61)62)34-49(56)58-65-52(41-21-11-5-12-22-41)36-53(66-58)42-23-13-6-14-24-42/h3-36H,1-2H3. The van der Waals surface area contributed by atoms with Crippen LogP contribution >= 0.6 is 0 Å². The van der Waals surface area contributed by atoms with Gasteiger partial charge in [-0.1, -0.05) is 175 Å². The maximum atomic E-state index is 15.8. The number of hydrogen-bond acceptors (Lipinski definition) is 4. The molecule has 0 atom stereocenters. The summed E-state index contributed by atoms with van der Waals surface area (Å²) in [4.78, 5) is 20.7. The van der Waals surface area contributed by atoms with Gasteiger partial charge in [0.25, 0.3) is 0 Å². The van der Waals surface area contributed by atoms with Crippen molar-refractivity contribution in [2.45, 2.75) is 20.0 Å². The number of rotatable bonds is 8. The number of aryl methyl sites for hydroxylation is 2. The Morgan fingerprint density at radius 1 is 0.373 bits per heavy atom. The summed E-state index contributed by atoms with van der Waals surface area (Å²) >= 11 is 0. The molecule has 0 saturated heterocycles. The molecule has 0 aliphatic carbocycles. The topological polar surface area (TPSA) is 56.5 Å². The molecule has 11 aromatic rings. The number of alkyl halides is 3. The molecule has 3 heterocycles.